The third-order valence-electron chi connectivity index (χ3n) is 4.29. The Morgan fingerprint density at radius 3 is 2.70 bits per heavy atom. The highest BCUT2D eigenvalue weighted by Crippen LogP contribution is 2.32. The fraction of sp³-hybridized carbons (Fsp3) is 0.273. The van der Waals surface area contributed by atoms with E-state index in [1.165, 1.54) is 13.3 Å². The van der Waals surface area contributed by atoms with Crippen LogP contribution in [0.1, 0.15) is 22.8 Å². The highest BCUT2D eigenvalue weighted by molar-refractivity contribution is 5.97. The molecule has 2 aromatic rings. The molecule has 1 heterocycles. The molecule has 11 nitrogen and oxygen atoms in total. The molecule has 0 fully saturated rings. The van der Waals surface area contributed by atoms with Crippen molar-refractivity contribution in [1.29, 1.82) is 0 Å². The first-order valence-corrected chi connectivity index (χ1v) is 9.96. The van der Waals surface area contributed by atoms with Crippen LogP contribution in [-0.4, -0.2) is 57.7 Å². The monoisotopic (exact) mass is 457 g/mol. The van der Waals surface area contributed by atoms with Crippen molar-refractivity contribution in [2.24, 2.45) is 5.10 Å². The van der Waals surface area contributed by atoms with Crippen LogP contribution < -0.4 is 29.7 Å². The molecule has 0 saturated heterocycles. The van der Waals surface area contributed by atoms with E-state index in [0.29, 0.717) is 34.1 Å². The first-order chi connectivity index (χ1) is 16.0. The van der Waals surface area contributed by atoms with Gasteiger partial charge in [-0.3, -0.25) is 9.59 Å². The number of nitrogens with zero attached hydrogens (tertiary/aromatic N) is 1. The van der Waals surface area contributed by atoms with Crippen LogP contribution in [0.3, 0.4) is 0 Å². The summed E-state index contributed by atoms with van der Waals surface area (Å²) < 4.78 is 25.9. The lowest BCUT2D eigenvalue weighted by molar-refractivity contribution is -0.145. The third-order valence-corrected chi connectivity index (χ3v) is 4.29. The molecule has 1 aliphatic heterocycles. The van der Waals surface area contributed by atoms with Crippen LogP contribution in [0.4, 0.5) is 0 Å². The van der Waals surface area contributed by atoms with Gasteiger partial charge in [0.15, 0.2) is 29.6 Å². The van der Waals surface area contributed by atoms with Gasteiger partial charge < -0.3 is 29.0 Å². The van der Waals surface area contributed by atoms with Gasteiger partial charge in [0.05, 0.1) is 26.5 Å². The fourth-order valence-electron chi connectivity index (χ4n) is 2.74. The van der Waals surface area contributed by atoms with Gasteiger partial charge in [-0.1, -0.05) is 0 Å². The van der Waals surface area contributed by atoms with Crippen LogP contribution in [0.5, 0.6) is 23.0 Å². The molecule has 0 aromatic heterocycles. The highest BCUT2D eigenvalue weighted by Gasteiger charge is 2.16. The standard InChI is InChI=1S/C22H23N3O8/c1-3-30-21(27)12-31-16-6-4-14(8-18(16)29-2)10-24-25-20(26)11-23-22(28)15-5-7-17-19(9-15)33-13-32-17/h4-10H,3,11-13H2,1-2H3,(H,23,28)(H,25,26)/b24-10+. The minimum Gasteiger partial charge on any atom is -0.493 e. The van der Waals surface area contributed by atoms with E-state index >= 15 is 0 Å². The molecule has 2 amide bonds. The van der Waals surface area contributed by atoms with E-state index in [9.17, 15) is 14.4 Å². The minimum absolute atomic E-state index is 0.107. The maximum atomic E-state index is 12.2. The number of carbonyl (C=O) groups excluding carboxylic acids is 3. The number of carbonyl (C=O) groups is 3. The number of nitrogens with one attached hydrogen (secondary N) is 2. The first-order valence-electron chi connectivity index (χ1n) is 9.96. The number of hydrogen-bond donors (Lipinski definition) is 2. The summed E-state index contributed by atoms with van der Waals surface area (Å²) in [5.41, 5.74) is 3.28. The highest BCUT2D eigenvalue weighted by atomic mass is 16.7. The number of methoxy groups -OCH3 is 1. The van der Waals surface area contributed by atoms with E-state index in [1.807, 2.05) is 0 Å². The summed E-state index contributed by atoms with van der Waals surface area (Å²) in [5, 5.41) is 6.36. The number of ether oxygens (including phenoxy) is 5. The van der Waals surface area contributed by atoms with Gasteiger partial charge in [-0.25, -0.2) is 10.2 Å². The van der Waals surface area contributed by atoms with Gasteiger partial charge in [0.1, 0.15) is 0 Å². The van der Waals surface area contributed by atoms with Crippen molar-refractivity contribution in [3.8, 4) is 23.0 Å². The number of esters is 1. The molecule has 2 aromatic carbocycles. The molecule has 3 rings (SSSR count). The molecular weight excluding hydrogens is 434 g/mol. The van der Waals surface area contributed by atoms with Crippen molar-refractivity contribution < 1.29 is 38.1 Å². The lowest BCUT2D eigenvalue weighted by Gasteiger charge is -2.10. The Bertz CT molecular complexity index is 1050. The Kier molecular flexibility index (Phi) is 8.06. The second-order valence-electron chi connectivity index (χ2n) is 6.55. The SMILES string of the molecule is CCOC(=O)COc1ccc(/C=N/NC(=O)CNC(=O)c2ccc3c(c2)OCO3)cc1OC. The number of amides is 2. The predicted octanol–water partition coefficient (Wildman–Crippen LogP) is 1.25. The second kappa shape index (κ2) is 11.4. The Labute approximate surface area is 189 Å². The molecule has 33 heavy (non-hydrogen) atoms. The summed E-state index contributed by atoms with van der Waals surface area (Å²) in [6.45, 7) is 1.57. The lowest BCUT2D eigenvalue weighted by atomic mass is 10.2. The average molecular weight is 457 g/mol. The van der Waals surface area contributed by atoms with Gasteiger partial charge in [0.2, 0.25) is 6.79 Å². The van der Waals surface area contributed by atoms with Crippen molar-refractivity contribution in [3.05, 3.63) is 47.5 Å². The molecular formula is C22H23N3O8. The van der Waals surface area contributed by atoms with E-state index in [0.717, 1.165) is 0 Å². The Balaban J connectivity index is 1.47. The van der Waals surface area contributed by atoms with Crippen molar-refractivity contribution in [2.75, 3.05) is 33.7 Å². The molecule has 174 valence electrons. The molecule has 0 atom stereocenters. The van der Waals surface area contributed by atoms with Crippen LogP contribution in [0.2, 0.25) is 0 Å². The van der Waals surface area contributed by atoms with E-state index in [4.69, 9.17) is 23.7 Å². The summed E-state index contributed by atoms with van der Waals surface area (Å²) in [4.78, 5) is 35.6. The van der Waals surface area contributed by atoms with Crippen LogP contribution in [0.25, 0.3) is 0 Å². The molecule has 2 N–H and O–H groups in total. The van der Waals surface area contributed by atoms with E-state index < -0.39 is 17.8 Å². The molecule has 0 saturated carbocycles. The predicted molar refractivity (Wildman–Crippen MR) is 116 cm³/mol. The Morgan fingerprint density at radius 1 is 1.09 bits per heavy atom. The zero-order valence-corrected chi connectivity index (χ0v) is 18.1. The summed E-state index contributed by atoms with van der Waals surface area (Å²) in [5.74, 6) is 0.345. The number of fused-ring (bicyclic) bond motifs is 1. The maximum absolute atomic E-state index is 12.2. The van der Waals surface area contributed by atoms with E-state index in [-0.39, 0.29) is 26.6 Å². The molecule has 1 aliphatic rings. The zero-order valence-electron chi connectivity index (χ0n) is 18.1. The minimum atomic E-state index is -0.512. The summed E-state index contributed by atoms with van der Waals surface area (Å²) in [6.07, 6.45) is 1.40. The Morgan fingerprint density at radius 2 is 1.91 bits per heavy atom. The topological polar surface area (TPSA) is 134 Å². The molecule has 0 aliphatic carbocycles. The summed E-state index contributed by atoms with van der Waals surface area (Å²) in [7, 11) is 1.46. The van der Waals surface area contributed by atoms with Crippen molar-refractivity contribution >= 4 is 24.0 Å². The number of hydrazone groups is 1. The van der Waals surface area contributed by atoms with Gasteiger partial charge in [0.25, 0.3) is 11.8 Å². The zero-order chi connectivity index (χ0) is 23.6. The van der Waals surface area contributed by atoms with Gasteiger partial charge >= 0.3 is 5.97 Å². The summed E-state index contributed by atoms with van der Waals surface area (Å²) in [6, 6.07) is 9.64. The number of benzene rings is 2. The van der Waals surface area contributed by atoms with Crippen molar-refractivity contribution in [1.82, 2.24) is 10.7 Å². The molecule has 11 heteroatoms. The first kappa shape index (κ1) is 23.4. The molecule has 0 unspecified atom stereocenters. The number of rotatable bonds is 10. The van der Waals surface area contributed by atoms with E-state index in [2.05, 4.69) is 15.8 Å². The third kappa shape index (κ3) is 6.60. The quantitative estimate of drug-likeness (QED) is 0.309. The normalized spacial score (nSPS) is 11.7. The van der Waals surface area contributed by atoms with Crippen LogP contribution in [0, 0.1) is 0 Å². The number of hydrogen-bond acceptors (Lipinski definition) is 9. The fourth-order valence-corrected chi connectivity index (χ4v) is 2.74. The smallest absolute Gasteiger partial charge is 0.344 e. The average Bonchev–Trinajstić information content (AvgIpc) is 3.29. The molecule has 0 bridgehead atoms. The largest absolute Gasteiger partial charge is 0.493 e. The Hall–Kier alpha value is -4.28. The molecule has 0 spiro atoms. The van der Waals surface area contributed by atoms with Gasteiger partial charge in [0, 0.05) is 5.56 Å². The van der Waals surface area contributed by atoms with Crippen molar-refractivity contribution in [2.45, 2.75) is 6.92 Å². The van der Waals surface area contributed by atoms with Crippen LogP contribution >= 0.6 is 0 Å². The van der Waals surface area contributed by atoms with Crippen LogP contribution in [-0.2, 0) is 14.3 Å². The summed E-state index contributed by atoms with van der Waals surface area (Å²) >= 11 is 0. The lowest BCUT2D eigenvalue weighted by Crippen LogP contribution is -2.34. The maximum Gasteiger partial charge on any atom is 0.344 e. The van der Waals surface area contributed by atoms with Gasteiger partial charge in [-0.15, -0.1) is 0 Å². The van der Waals surface area contributed by atoms with Gasteiger partial charge in [-0.05, 0) is 48.9 Å². The van der Waals surface area contributed by atoms with Crippen molar-refractivity contribution in [3.63, 3.8) is 0 Å². The van der Waals surface area contributed by atoms with Gasteiger partial charge in [-0.2, -0.15) is 5.10 Å². The van der Waals surface area contributed by atoms with Crippen LogP contribution in [0.15, 0.2) is 41.5 Å². The molecule has 0 radical (unpaired) electrons. The second-order valence-corrected chi connectivity index (χ2v) is 6.55. The van der Waals surface area contributed by atoms with E-state index in [1.54, 1.807) is 43.3 Å².